The molecule has 1 heterocycles. The van der Waals surface area contributed by atoms with Gasteiger partial charge in [-0.05, 0) is 30.9 Å². The van der Waals surface area contributed by atoms with Crippen molar-refractivity contribution in [2.75, 3.05) is 18.1 Å². The van der Waals surface area contributed by atoms with Gasteiger partial charge in [-0.2, -0.15) is 0 Å². The van der Waals surface area contributed by atoms with Crippen LogP contribution >= 0.6 is 0 Å². The van der Waals surface area contributed by atoms with Gasteiger partial charge >= 0.3 is 0 Å². The number of rotatable bonds is 3. The zero-order valence-corrected chi connectivity index (χ0v) is 9.50. The van der Waals surface area contributed by atoms with Gasteiger partial charge in [-0.1, -0.05) is 12.1 Å². The Balaban J connectivity index is 1.84. The molecule has 1 aliphatic heterocycles. The summed E-state index contributed by atoms with van der Waals surface area (Å²) in [7, 11) is 0. The lowest BCUT2D eigenvalue weighted by atomic mass is 10.1. The molecule has 3 rings (SSSR count). The number of carbonyl (C=O) groups is 1. The van der Waals surface area contributed by atoms with Gasteiger partial charge in [0.1, 0.15) is 5.75 Å². The lowest BCUT2D eigenvalue weighted by Crippen LogP contribution is -2.43. The highest BCUT2D eigenvalue weighted by Gasteiger charge is 2.34. The first-order chi connectivity index (χ1) is 8.25. The minimum absolute atomic E-state index is 0.0639. The van der Waals surface area contributed by atoms with Crippen LogP contribution in [0.3, 0.4) is 0 Å². The number of para-hydroxylation sites is 2. The molecule has 1 aromatic rings. The Kier molecular flexibility index (Phi) is 2.52. The van der Waals surface area contributed by atoms with Crippen molar-refractivity contribution < 1.29 is 14.6 Å². The summed E-state index contributed by atoms with van der Waals surface area (Å²) in [5, 5.41) is 9.95. The first-order valence-corrected chi connectivity index (χ1v) is 5.96. The third-order valence-corrected chi connectivity index (χ3v) is 3.34. The number of hydrogen-bond acceptors (Lipinski definition) is 3. The van der Waals surface area contributed by atoms with E-state index in [2.05, 4.69) is 0 Å². The van der Waals surface area contributed by atoms with Gasteiger partial charge in [-0.15, -0.1) is 0 Å². The zero-order valence-electron chi connectivity index (χ0n) is 9.50. The van der Waals surface area contributed by atoms with Crippen LogP contribution in [0, 0.1) is 5.92 Å². The van der Waals surface area contributed by atoms with Gasteiger partial charge in [0, 0.05) is 0 Å². The molecule has 4 nitrogen and oxygen atoms in total. The van der Waals surface area contributed by atoms with E-state index in [1.54, 1.807) is 4.90 Å². The molecule has 17 heavy (non-hydrogen) atoms. The first-order valence-electron chi connectivity index (χ1n) is 5.96. The minimum atomic E-state index is -0.412. The number of hydrogen-bond donors (Lipinski definition) is 1. The second-order valence-electron chi connectivity index (χ2n) is 4.67. The Hall–Kier alpha value is -1.55. The summed E-state index contributed by atoms with van der Waals surface area (Å²) in [6.45, 7) is 0.443. The maximum atomic E-state index is 11.8. The van der Waals surface area contributed by atoms with E-state index in [1.807, 2.05) is 24.3 Å². The number of anilines is 1. The third-order valence-electron chi connectivity index (χ3n) is 3.34. The summed E-state index contributed by atoms with van der Waals surface area (Å²) in [6.07, 6.45) is 1.73. The Morgan fingerprint density at radius 2 is 2.18 bits per heavy atom. The fourth-order valence-electron chi connectivity index (χ4n) is 2.17. The lowest BCUT2D eigenvalue weighted by Gasteiger charge is -2.30. The molecule has 0 aromatic heterocycles. The van der Waals surface area contributed by atoms with Crippen molar-refractivity contribution in [3.8, 4) is 5.75 Å². The summed E-state index contributed by atoms with van der Waals surface area (Å²) in [5.41, 5.74) is 0.767. The second-order valence-corrected chi connectivity index (χ2v) is 4.67. The van der Waals surface area contributed by atoms with E-state index in [0.29, 0.717) is 12.5 Å². The van der Waals surface area contributed by atoms with Gasteiger partial charge in [-0.3, -0.25) is 4.79 Å². The highest BCUT2D eigenvalue weighted by Crippen LogP contribution is 2.36. The Bertz CT molecular complexity index is 442. The number of carbonyl (C=O) groups excluding carboxylic acids is 1. The van der Waals surface area contributed by atoms with Crippen molar-refractivity contribution >= 4 is 11.6 Å². The van der Waals surface area contributed by atoms with E-state index >= 15 is 0 Å². The number of fused-ring (bicyclic) bond motifs is 1. The molecule has 4 heteroatoms. The molecule has 0 radical (unpaired) electrons. The SMILES string of the molecule is O=C1COc2ccccc2N1CC(O)C1CC1. The van der Waals surface area contributed by atoms with Crippen LogP contribution in [0.5, 0.6) is 5.75 Å². The van der Waals surface area contributed by atoms with E-state index < -0.39 is 6.10 Å². The smallest absolute Gasteiger partial charge is 0.265 e. The van der Waals surface area contributed by atoms with Crippen LogP contribution < -0.4 is 9.64 Å². The highest BCUT2D eigenvalue weighted by atomic mass is 16.5. The molecule has 1 unspecified atom stereocenters. The van der Waals surface area contributed by atoms with Gasteiger partial charge in [0.15, 0.2) is 6.61 Å². The maximum Gasteiger partial charge on any atom is 0.265 e. The van der Waals surface area contributed by atoms with Crippen molar-refractivity contribution in [1.29, 1.82) is 0 Å². The fraction of sp³-hybridized carbons (Fsp3) is 0.462. The van der Waals surface area contributed by atoms with Crippen LogP contribution in [0.2, 0.25) is 0 Å². The van der Waals surface area contributed by atoms with Crippen LogP contribution in [0.25, 0.3) is 0 Å². The van der Waals surface area contributed by atoms with Crippen LogP contribution in [0.15, 0.2) is 24.3 Å². The van der Waals surface area contributed by atoms with E-state index in [0.717, 1.165) is 24.3 Å². The molecule has 1 N–H and O–H groups in total. The monoisotopic (exact) mass is 233 g/mol. The number of amides is 1. The molecular weight excluding hydrogens is 218 g/mol. The molecule has 0 spiro atoms. The van der Waals surface area contributed by atoms with Gasteiger partial charge < -0.3 is 14.7 Å². The normalized spacial score (nSPS) is 20.8. The molecule has 1 saturated carbocycles. The predicted octanol–water partition coefficient (Wildman–Crippen LogP) is 1.18. The van der Waals surface area contributed by atoms with Crippen molar-refractivity contribution in [2.45, 2.75) is 18.9 Å². The van der Waals surface area contributed by atoms with Gasteiger partial charge in [0.05, 0.1) is 18.3 Å². The van der Waals surface area contributed by atoms with Crippen molar-refractivity contribution in [1.82, 2.24) is 0 Å². The van der Waals surface area contributed by atoms with E-state index in [4.69, 9.17) is 4.74 Å². The number of ether oxygens (including phenoxy) is 1. The first kappa shape index (κ1) is 10.6. The van der Waals surface area contributed by atoms with Gasteiger partial charge in [0.25, 0.3) is 5.91 Å². The molecule has 90 valence electrons. The molecule has 1 aromatic carbocycles. The second kappa shape index (κ2) is 4.04. The molecule has 2 aliphatic rings. The molecule has 1 fully saturated rings. The maximum absolute atomic E-state index is 11.8. The van der Waals surface area contributed by atoms with E-state index in [1.165, 1.54) is 0 Å². The summed E-state index contributed by atoms with van der Waals surface area (Å²) >= 11 is 0. The number of nitrogens with zero attached hydrogens (tertiary/aromatic N) is 1. The summed E-state index contributed by atoms with van der Waals surface area (Å²) < 4.78 is 5.35. The van der Waals surface area contributed by atoms with E-state index in [-0.39, 0.29) is 12.5 Å². The largest absolute Gasteiger partial charge is 0.482 e. The number of benzene rings is 1. The molecule has 1 aliphatic carbocycles. The van der Waals surface area contributed by atoms with Crippen LogP contribution in [0.4, 0.5) is 5.69 Å². The highest BCUT2D eigenvalue weighted by molar-refractivity contribution is 5.97. The van der Waals surface area contributed by atoms with Crippen molar-refractivity contribution in [3.05, 3.63) is 24.3 Å². The zero-order chi connectivity index (χ0) is 11.8. The average molecular weight is 233 g/mol. The lowest BCUT2D eigenvalue weighted by molar-refractivity contribution is -0.121. The molecule has 1 amide bonds. The molecule has 1 atom stereocenters. The van der Waals surface area contributed by atoms with Gasteiger partial charge in [-0.25, -0.2) is 0 Å². The number of aliphatic hydroxyl groups is 1. The topological polar surface area (TPSA) is 49.8 Å². The summed E-state index contributed by atoms with van der Waals surface area (Å²) in [6, 6.07) is 7.45. The van der Waals surface area contributed by atoms with Crippen LogP contribution in [-0.4, -0.2) is 30.3 Å². The molecular formula is C13H15NO3. The Morgan fingerprint density at radius 1 is 1.41 bits per heavy atom. The number of aliphatic hydroxyl groups excluding tert-OH is 1. The Morgan fingerprint density at radius 3 is 2.94 bits per heavy atom. The van der Waals surface area contributed by atoms with Gasteiger partial charge in [0.2, 0.25) is 0 Å². The standard InChI is InChI=1S/C13H15NO3/c15-11(9-5-6-9)7-14-10-3-1-2-4-12(10)17-8-13(14)16/h1-4,9,11,15H,5-8H2. The van der Waals surface area contributed by atoms with Crippen LogP contribution in [0.1, 0.15) is 12.8 Å². The van der Waals surface area contributed by atoms with E-state index in [9.17, 15) is 9.90 Å². The van der Waals surface area contributed by atoms with Crippen LogP contribution in [-0.2, 0) is 4.79 Å². The fourth-order valence-corrected chi connectivity index (χ4v) is 2.17. The van der Waals surface area contributed by atoms with Crippen molar-refractivity contribution in [2.24, 2.45) is 5.92 Å². The summed E-state index contributed by atoms with van der Waals surface area (Å²) in [5.74, 6) is 1.01. The Labute approximate surface area is 99.8 Å². The predicted molar refractivity (Wildman–Crippen MR) is 63.0 cm³/mol. The average Bonchev–Trinajstić information content (AvgIpc) is 3.17. The number of β-amino-alcohol motifs (C(OH)–C–C–N with tert-alkyl or cyclic N) is 1. The van der Waals surface area contributed by atoms with Crippen molar-refractivity contribution in [3.63, 3.8) is 0 Å². The molecule has 0 bridgehead atoms. The quantitative estimate of drug-likeness (QED) is 0.853. The molecule has 0 saturated heterocycles. The summed E-state index contributed by atoms with van der Waals surface area (Å²) in [4.78, 5) is 13.5. The minimum Gasteiger partial charge on any atom is -0.482 e. The third kappa shape index (κ3) is 2.00.